The summed E-state index contributed by atoms with van der Waals surface area (Å²) in [6.45, 7) is 2.32. The summed E-state index contributed by atoms with van der Waals surface area (Å²) in [5, 5.41) is 21.0. The molecule has 3 aliphatic rings. The first kappa shape index (κ1) is 31.9. The van der Waals surface area contributed by atoms with Crippen LogP contribution < -0.4 is 0 Å². The van der Waals surface area contributed by atoms with Gasteiger partial charge in [-0.15, -0.1) is 0 Å². The van der Waals surface area contributed by atoms with Gasteiger partial charge in [-0.05, 0) is 115 Å². The number of hydrogen-bond acceptors (Lipinski definition) is 3. The number of thioether (sulfide) groups is 1. The van der Waals surface area contributed by atoms with Crippen LogP contribution in [0.3, 0.4) is 0 Å². The van der Waals surface area contributed by atoms with Gasteiger partial charge in [0.2, 0.25) is 0 Å². The largest absolute Gasteiger partial charge is 0.508 e. The van der Waals surface area contributed by atoms with Crippen LogP contribution in [0.2, 0.25) is 0 Å². The monoisotopic (exact) mass is 590 g/mol. The molecule has 0 aliphatic heterocycles. The quantitative estimate of drug-likeness (QED) is 0.167. The van der Waals surface area contributed by atoms with Crippen LogP contribution >= 0.6 is 11.8 Å². The molecule has 1 aromatic carbocycles. The summed E-state index contributed by atoms with van der Waals surface area (Å²) in [6, 6.07) is 5.97. The Morgan fingerprint density at radius 1 is 0.900 bits per heavy atom. The van der Waals surface area contributed by atoms with Crippen LogP contribution in [0.1, 0.15) is 114 Å². The maximum Gasteiger partial charge on any atom is 0.453 e. The highest BCUT2D eigenvalue weighted by Crippen LogP contribution is 2.62. The molecule has 0 saturated heterocycles. The van der Waals surface area contributed by atoms with Gasteiger partial charge in [0.15, 0.2) is 0 Å². The second-order valence-corrected chi connectivity index (χ2v) is 14.2. The Labute approximate surface area is 240 Å². The molecule has 40 heavy (non-hydrogen) atoms. The SMILES string of the molecule is C[C@@]12CC[C@H]3c4ccc(O)cc4C[C@H](CCCCCCCCCSCCCC(F)(F)C(F)(F)F)[C@@H]3[C@H]1CC[C@H]2O. The number of phenols is 1. The van der Waals surface area contributed by atoms with Crippen molar-refractivity contribution in [1.29, 1.82) is 0 Å². The summed E-state index contributed by atoms with van der Waals surface area (Å²) in [7, 11) is 0. The maximum absolute atomic E-state index is 12.9. The van der Waals surface area contributed by atoms with Crippen molar-refractivity contribution in [3.8, 4) is 5.75 Å². The highest BCUT2D eigenvalue weighted by molar-refractivity contribution is 7.99. The van der Waals surface area contributed by atoms with Crippen LogP contribution in [0.25, 0.3) is 0 Å². The molecule has 2 saturated carbocycles. The molecule has 6 atom stereocenters. The van der Waals surface area contributed by atoms with E-state index in [0.29, 0.717) is 35.2 Å². The highest BCUT2D eigenvalue weighted by atomic mass is 32.2. The van der Waals surface area contributed by atoms with Gasteiger partial charge in [-0.25, -0.2) is 0 Å². The van der Waals surface area contributed by atoms with Crippen LogP contribution in [0, 0.1) is 23.2 Å². The van der Waals surface area contributed by atoms with Gasteiger partial charge in [-0.2, -0.15) is 33.7 Å². The Morgan fingerprint density at radius 2 is 1.57 bits per heavy atom. The lowest BCUT2D eigenvalue weighted by molar-refractivity contribution is -0.284. The van der Waals surface area contributed by atoms with Crippen molar-refractivity contribution in [3.05, 3.63) is 29.3 Å². The van der Waals surface area contributed by atoms with Crippen LogP contribution in [0.5, 0.6) is 5.75 Å². The summed E-state index contributed by atoms with van der Waals surface area (Å²) in [6.07, 6.45) is 7.56. The molecule has 2 fully saturated rings. The third-order valence-corrected chi connectivity index (χ3v) is 11.5. The van der Waals surface area contributed by atoms with Gasteiger partial charge in [-0.3, -0.25) is 0 Å². The van der Waals surface area contributed by atoms with Gasteiger partial charge >= 0.3 is 12.1 Å². The van der Waals surface area contributed by atoms with E-state index in [-0.39, 0.29) is 17.9 Å². The molecule has 0 radical (unpaired) electrons. The molecule has 0 heterocycles. The summed E-state index contributed by atoms with van der Waals surface area (Å²) >= 11 is 1.47. The van der Waals surface area contributed by atoms with E-state index in [1.165, 1.54) is 55.0 Å². The van der Waals surface area contributed by atoms with Crippen LogP contribution in [-0.2, 0) is 6.42 Å². The topological polar surface area (TPSA) is 40.5 Å². The molecule has 0 spiro atoms. The number of hydrogen-bond donors (Lipinski definition) is 2. The molecule has 2 N–H and O–H groups in total. The molecule has 4 rings (SSSR count). The van der Waals surface area contributed by atoms with Crippen LogP contribution in [0.15, 0.2) is 18.2 Å². The molecule has 1 aromatic rings. The zero-order valence-corrected chi connectivity index (χ0v) is 24.6. The molecule has 0 aromatic heterocycles. The van der Waals surface area contributed by atoms with Crippen molar-refractivity contribution in [2.45, 2.75) is 127 Å². The number of fused-ring (bicyclic) bond motifs is 5. The average molecular weight is 591 g/mol. The van der Waals surface area contributed by atoms with Crippen LogP contribution in [0.4, 0.5) is 22.0 Å². The lowest BCUT2D eigenvalue weighted by atomic mass is 9.52. The predicted octanol–water partition coefficient (Wildman–Crippen LogP) is 9.67. The average Bonchev–Trinajstić information content (AvgIpc) is 3.19. The van der Waals surface area contributed by atoms with E-state index < -0.39 is 18.5 Å². The molecule has 0 unspecified atom stereocenters. The Kier molecular flexibility index (Phi) is 10.8. The number of alkyl halides is 5. The molecular formula is C32H47F5O2S. The second kappa shape index (κ2) is 13.5. The zero-order chi connectivity index (χ0) is 29.0. The van der Waals surface area contributed by atoms with Crippen molar-refractivity contribution < 1.29 is 32.2 Å². The third kappa shape index (κ3) is 7.30. The zero-order valence-electron chi connectivity index (χ0n) is 23.8. The summed E-state index contributed by atoms with van der Waals surface area (Å²) in [5.41, 5.74) is 2.79. The molecule has 0 amide bonds. The first-order valence-electron chi connectivity index (χ1n) is 15.5. The number of rotatable bonds is 14. The summed E-state index contributed by atoms with van der Waals surface area (Å²) in [5.74, 6) is -0.730. The normalized spacial score (nSPS) is 30.1. The van der Waals surface area contributed by atoms with Gasteiger partial charge in [0.25, 0.3) is 0 Å². The lowest BCUT2D eigenvalue weighted by Crippen LogP contribution is -2.47. The number of aromatic hydroxyl groups is 1. The minimum absolute atomic E-state index is 0.0419. The van der Waals surface area contributed by atoms with Gasteiger partial charge < -0.3 is 10.2 Å². The van der Waals surface area contributed by atoms with E-state index in [9.17, 15) is 32.2 Å². The molecule has 2 nitrogen and oxygen atoms in total. The van der Waals surface area contributed by atoms with E-state index in [1.54, 1.807) is 0 Å². The van der Waals surface area contributed by atoms with Gasteiger partial charge in [0, 0.05) is 6.42 Å². The number of phenolic OH excluding ortho intramolecular Hbond substituents is 1. The van der Waals surface area contributed by atoms with E-state index in [1.807, 2.05) is 12.1 Å². The molecular weight excluding hydrogens is 543 g/mol. The number of halogens is 5. The molecule has 8 heteroatoms. The number of aliphatic hydroxyl groups excluding tert-OH is 1. The number of aliphatic hydroxyl groups is 1. The highest BCUT2D eigenvalue weighted by Gasteiger charge is 2.57. The fourth-order valence-electron chi connectivity index (χ4n) is 8.17. The Morgan fingerprint density at radius 3 is 2.30 bits per heavy atom. The summed E-state index contributed by atoms with van der Waals surface area (Å²) in [4.78, 5) is 0. The van der Waals surface area contributed by atoms with E-state index in [0.717, 1.165) is 57.1 Å². The second-order valence-electron chi connectivity index (χ2n) is 13.0. The van der Waals surface area contributed by atoms with E-state index in [2.05, 4.69) is 13.0 Å². The minimum atomic E-state index is -5.44. The standard InChI is InChI=1S/C32H47F5O2S/c1-30-17-15-26-25-12-11-24(38)21-23(25)20-22(29(26)27(30)13-14-28(30)39)10-7-5-3-2-4-6-8-18-40-19-9-16-31(33,34)32(35,36)37/h11-12,21-22,26-29,38-39H,2-10,13-20H2,1H3/t22-,26-,27+,28+,29-,30+/m0/s1. The van der Waals surface area contributed by atoms with Crippen molar-refractivity contribution in [2.24, 2.45) is 23.2 Å². The van der Waals surface area contributed by atoms with Crippen LogP contribution in [-0.4, -0.2) is 39.9 Å². The molecule has 228 valence electrons. The Hall–Kier alpha value is -1.02. The first-order chi connectivity index (χ1) is 18.9. The smallest absolute Gasteiger partial charge is 0.453 e. The molecule has 0 bridgehead atoms. The third-order valence-electron chi connectivity index (χ3n) is 10.4. The Bertz CT molecular complexity index is 954. The van der Waals surface area contributed by atoms with Gasteiger partial charge in [-0.1, -0.05) is 51.5 Å². The summed E-state index contributed by atoms with van der Waals surface area (Å²) < 4.78 is 62.4. The first-order valence-corrected chi connectivity index (χ1v) is 16.6. The maximum atomic E-state index is 12.9. The van der Waals surface area contributed by atoms with Gasteiger partial charge in [0.05, 0.1) is 6.10 Å². The minimum Gasteiger partial charge on any atom is -0.508 e. The Balaban J connectivity index is 1.13. The van der Waals surface area contributed by atoms with E-state index in [4.69, 9.17) is 0 Å². The fraction of sp³-hybridized carbons (Fsp3) is 0.812. The molecule has 3 aliphatic carbocycles. The predicted molar refractivity (Wildman–Crippen MR) is 152 cm³/mol. The number of benzene rings is 1. The van der Waals surface area contributed by atoms with Crippen molar-refractivity contribution in [2.75, 3.05) is 11.5 Å². The van der Waals surface area contributed by atoms with Gasteiger partial charge in [0.1, 0.15) is 5.75 Å². The van der Waals surface area contributed by atoms with E-state index >= 15 is 0 Å². The number of unbranched alkanes of at least 4 members (excludes halogenated alkanes) is 6. The lowest BCUT2D eigenvalue weighted by Gasteiger charge is -2.53. The van der Waals surface area contributed by atoms with Crippen molar-refractivity contribution in [1.82, 2.24) is 0 Å². The van der Waals surface area contributed by atoms with Crippen molar-refractivity contribution >= 4 is 11.8 Å². The van der Waals surface area contributed by atoms with Crippen molar-refractivity contribution in [3.63, 3.8) is 0 Å². The fourth-order valence-corrected chi connectivity index (χ4v) is 9.13.